The van der Waals surface area contributed by atoms with E-state index in [0.29, 0.717) is 19.4 Å². The van der Waals surface area contributed by atoms with Crippen LogP contribution >= 0.6 is 0 Å². The van der Waals surface area contributed by atoms with E-state index >= 15 is 0 Å². The second-order valence-electron chi connectivity index (χ2n) is 5.46. The first-order valence-corrected chi connectivity index (χ1v) is 6.83. The standard InChI is InChI=1S/C14H18N4O2/c1-9-7-10(14(19)20)4-6-18(9)13-12-11(3-5-15-13)17(2)8-16-12/h3,5,8-10H,4,6-7H2,1-2H3,(H,19,20). The summed E-state index contributed by atoms with van der Waals surface area (Å²) in [5.74, 6) is -0.0795. The number of anilines is 1. The van der Waals surface area contributed by atoms with E-state index < -0.39 is 5.97 Å². The molecule has 20 heavy (non-hydrogen) atoms. The molecule has 1 aliphatic heterocycles. The van der Waals surface area contributed by atoms with E-state index in [2.05, 4.69) is 21.8 Å². The van der Waals surface area contributed by atoms with Gasteiger partial charge in [-0.25, -0.2) is 9.97 Å². The summed E-state index contributed by atoms with van der Waals surface area (Å²) in [5.41, 5.74) is 1.93. The summed E-state index contributed by atoms with van der Waals surface area (Å²) in [4.78, 5) is 22.2. The van der Waals surface area contributed by atoms with Crippen LogP contribution in [0.4, 0.5) is 5.82 Å². The number of pyridine rings is 1. The van der Waals surface area contributed by atoms with E-state index in [9.17, 15) is 4.79 Å². The Hall–Kier alpha value is -2.11. The van der Waals surface area contributed by atoms with E-state index in [1.807, 2.05) is 17.7 Å². The number of fused-ring (bicyclic) bond motifs is 1. The number of hydrogen-bond acceptors (Lipinski definition) is 4. The topological polar surface area (TPSA) is 71.2 Å². The van der Waals surface area contributed by atoms with Crippen molar-refractivity contribution in [3.8, 4) is 0 Å². The molecular formula is C14H18N4O2. The van der Waals surface area contributed by atoms with Crippen molar-refractivity contribution in [2.45, 2.75) is 25.8 Å². The van der Waals surface area contributed by atoms with Gasteiger partial charge in [0.15, 0.2) is 5.82 Å². The predicted octanol–water partition coefficient (Wildman–Crippen LogP) is 1.66. The van der Waals surface area contributed by atoms with Crippen LogP contribution in [0.25, 0.3) is 11.0 Å². The van der Waals surface area contributed by atoms with E-state index in [1.54, 1.807) is 12.5 Å². The Balaban J connectivity index is 1.94. The Morgan fingerprint density at radius 3 is 2.95 bits per heavy atom. The quantitative estimate of drug-likeness (QED) is 0.901. The fourth-order valence-corrected chi connectivity index (χ4v) is 2.97. The third-order valence-corrected chi connectivity index (χ3v) is 4.12. The number of aryl methyl sites for hydroxylation is 1. The molecule has 0 bridgehead atoms. The number of aliphatic carboxylic acids is 1. The Kier molecular flexibility index (Phi) is 3.08. The Labute approximate surface area is 117 Å². The van der Waals surface area contributed by atoms with Gasteiger partial charge < -0.3 is 14.6 Å². The third kappa shape index (κ3) is 2.01. The van der Waals surface area contributed by atoms with Crippen LogP contribution in [-0.4, -0.2) is 38.2 Å². The number of nitrogens with zero attached hydrogens (tertiary/aromatic N) is 4. The lowest BCUT2D eigenvalue weighted by molar-refractivity contribution is -0.142. The monoisotopic (exact) mass is 274 g/mol. The van der Waals surface area contributed by atoms with Gasteiger partial charge in [0.25, 0.3) is 0 Å². The largest absolute Gasteiger partial charge is 0.481 e. The lowest BCUT2D eigenvalue weighted by Crippen LogP contribution is -2.43. The highest BCUT2D eigenvalue weighted by atomic mass is 16.4. The molecule has 0 radical (unpaired) electrons. The molecule has 1 N–H and O–H groups in total. The molecule has 0 amide bonds. The number of carbonyl (C=O) groups is 1. The zero-order valence-electron chi connectivity index (χ0n) is 11.7. The minimum atomic E-state index is -0.694. The zero-order valence-corrected chi connectivity index (χ0v) is 11.7. The molecule has 2 aromatic heterocycles. The molecule has 0 spiro atoms. The van der Waals surface area contributed by atoms with Gasteiger partial charge in [0.2, 0.25) is 0 Å². The molecule has 3 rings (SSSR count). The molecule has 1 saturated heterocycles. The van der Waals surface area contributed by atoms with Gasteiger partial charge >= 0.3 is 5.97 Å². The van der Waals surface area contributed by atoms with Crippen molar-refractivity contribution in [3.63, 3.8) is 0 Å². The van der Waals surface area contributed by atoms with Crippen LogP contribution in [-0.2, 0) is 11.8 Å². The van der Waals surface area contributed by atoms with Gasteiger partial charge in [0.05, 0.1) is 17.8 Å². The number of carboxylic acids is 1. The van der Waals surface area contributed by atoms with Crippen molar-refractivity contribution in [1.29, 1.82) is 0 Å². The second kappa shape index (κ2) is 4.77. The molecular weight excluding hydrogens is 256 g/mol. The SMILES string of the molecule is CC1CC(C(=O)O)CCN1c1nccc2c1ncn2C. The number of imidazole rings is 1. The fraction of sp³-hybridized carbons (Fsp3) is 0.500. The highest BCUT2D eigenvalue weighted by molar-refractivity contribution is 5.86. The molecule has 0 aromatic carbocycles. The normalized spacial score (nSPS) is 23.2. The highest BCUT2D eigenvalue weighted by Gasteiger charge is 2.31. The van der Waals surface area contributed by atoms with Crippen LogP contribution < -0.4 is 4.90 Å². The van der Waals surface area contributed by atoms with Crippen molar-refractivity contribution in [2.24, 2.45) is 13.0 Å². The molecule has 2 unspecified atom stereocenters. The zero-order chi connectivity index (χ0) is 14.3. The predicted molar refractivity (Wildman–Crippen MR) is 75.7 cm³/mol. The molecule has 1 fully saturated rings. The summed E-state index contributed by atoms with van der Waals surface area (Å²) in [5, 5.41) is 9.14. The van der Waals surface area contributed by atoms with Crippen molar-refractivity contribution >= 4 is 22.8 Å². The van der Waals surface area contributed by atoms with E-state index in [0.717, 1.165) is 16.9 Å². The summed E-state index contributed by atoms with van der Waals surface area (Å²) >= 11 is 0. The smallest absolute Gasteiger partial charge is 0.306 e. The molecule has 106 valence electrons. The van der Waals surface area contributed by atoms with Crippen LogP contribution in [0.2, 0.25) is 0 Å². The molecule has 3 heterocycles. The van der Waals surface area contributed by atoms with Gasteiger partial charge in [-0.15, -0.1) is 0 Å². The first-order chi connectivity index (χ1) is 9.58. The summed E-state index contributed by atoms with van der Waals surface area (Å²) in [6, 6.07) is 2.10. The molecule has 2 aromatic rings. The van der Waals surface area contributed by atoms with Crippen molar-refractivity contribution in [1.82, 2.24) is 14.5 Å². The highest BCUT2D eigenvalue weighted by Crippen LogP contribution is 2.30. The van der Waals surface area contributed by atoms with Gasteiger partial charge in [0.1, 0.15) is 5.52 Å². The average Bonchev–Trinajstić information content (AvgIpc) is 2.81. The summed E-state index contributed by atoms with van der Waals surface area (Å²) < 4.78 is 1.97. The molecule has 1 aliphatic rings. The van der Waals surface area contributed by atoms with Gasteiger partial charge in [-0.3, -0.25) is 4.79 Å². The number of piperidine rings is 1. The van der Waals surface area contributed by atoms with E-state index in [-0.39, 0.29) is 12.0 Å². The van der Waals surface area contributed by atoms with Crippen molar-refractivity contribution < 1.29 is 9.90 Å². The maximum atomic E-state index is 11.1. The van der Waals surface area contributed by atoms with Crippen LogP contribution in [0.1, 0.15) is 19.8 Å². The van der Waals surface area contributed by atoms with E-state index in [1.165, 1.54) is 0 Å². The first-order valence-electron chi connectivity index (χ1n) is 6.83. The van der Waals surface area contributed by atoms with Gasteiger partial charge in [-0.05, 0) is 25.8 Å². The first kappa shape index (κ1) is 12.9. The minimum absolute atomic E-state index is 0.157. The summed E-state index contributed by atoms with van der Waals surface area (Å²) in [6.07, 6.45) is 4.88. The fourth-order valence-electron chi connectivity index (χ4n) is 2.97. The summed E-state index contributed by atoms with van der Waals surface area (Å²) in [6.45, 7) is 2.76. The molecule has 6 heteroatoms. The maximum Gasteiger partial charge on any atom is 0.306 e. The van der Waals surface area contributed by atoms with Crippen LogP contribution in [0, 0.1) is 5.92 Å². The molecule has 0 aliphatic carbocycles. The number of hydrogen-bond donors (Lipinski definition) is 1. The lowest BCUT2D eigenvalue weighted by Gasteiger charge is -2.37. The van der Waals surface area contributed by atoms with Gasteiger partial charge in [-0.2, -0.15) is 0 Å². The van der Waals surface area contributed by atoms with Gasteiger partial charge in [0, 0.05) is 25.8 Å². The average molecular weight is 274 g/mol. The van der Waals surface area contributed by atoms with Gasteiger partial charge in [-0.1, -0.05) is 0 Å². The van der Waals surface area contributed by atoms with Crippen LogP contribution in [0.5, 0.6) is 0 Å². The van der Waals surface area contributed by atoms with Crippen LogP contribution in [0.3, 0.4) is 0 Å². The van der Waals surface area contributed by atoms with Crippen molar-refractivity contribution in [2.75, 3.05) is 11.4 Å². The Morgan fingerprint density at radius 2 is 2.25 bits per heavy atom. The molecule has 2 atom stereocenters. The van der Waals surface area contributed by atoms with Crippen molar-refractivity contribution in [3.05, 3.63) is 18.6 Å². The molecule has 6 nitrogen and oxygen atoms in total. The number of aromatic nitrogens is 3. The Morgan fingerprint density at radius 1 is 1.45 bits per heavy atom. The van der Waals surface area contributed by atoms with Crippen LogP contribution in [0.15, 0.2) is 18.6 Å². The third-order valence-electron chi connectivity index (χ3n) is 4.12. The molecule has 0 saturated carbocycles. The number of carboxylic acid groups (broad SMARTS) is 1. The maximum absolute atomic E-state index is 11.1. The second-order valence-corrected chi connectivity index (χ2v) is 5.46. The van der Waals surface area contributed by atoms with E-state index in [4.69, 9.17) is 5.11 Å². The lowest BCUT2D eigenvalue weighted by atomic mass is 9.91. The minimum Gasteiger partial charge on any atom is -0.481 e. The summed E-state index contributed by atoms with van der Waals surface area (Å²) in [7, 11) is 1.96. The number of rotatable bonds is 2. The Bertz CT molecular complexity index is 652.